The molecule has 0 saturated carbocycles. The van der Waals surface area contributed by atoms with Crippen LogP contribution in [0.1, 0.15) is 0 Å². The van der Waals surface area contributed by atoms with Crippen molar-refractivity contribution in [1.29, 1.82) is 0 Å². The van der Waals surface area contributed by atoms with Gasteiger partial charge in [-0.05, 0) is 0 Å². The van der Waals surface area contributed by atoms with Gasteiger partial charge in [0.25, 0.3) is 0 Å². The number of esters is 2. The van der Waals surface area contributed by atoms with E-state index in [2.05, 4.69) is 13.8 Å². The van der Waals surface area contributed by atoms with Crippen LogP contribution in [0.15, 0.2) is 0 Å². The summed E-state index contributed by atoms with van der Waals surface area (Å²) in [6.07, 6.45) is 0. The zero-order chi connectivity index (χ0) is 14.6. The van der Waals surface area contributed by atoms with Crippen LogP contribution in [0.4, 0.5) is 0 Å². The number of rotatable bonds is 4. The SMILES string of the molecule is O=C(COP(=O)([O-])[O-])OC(=O)C(=O)OP(=O)([O-])[O-].[Cu+].[Fe].[Li+].[NH4+].[NH4+]. The van der Waals surface area contributed by atoms with E-state index < -0.39 is 40.2 Å². The second-order valence-corrected chi connectivity index (χ2v) is 4.54. The van der Waals surface area contributed by atoms with Gasteiger partial charge in [-0.2, -0.15) is 0 Å². The van der Waals surface area contributed by atoms with Gasteiger partial charge < -0.3 is 54.8 Å². The molecule has 0 atom stereocenters. The molecule has 0 bridgehead atoms. The van der Waals surface area contributed by atoms with Gasteiger partial charge in [0.2, 0.25) is 0 Å². The molecule has 0 unspecified atom stereocenters. The predicted octanol–water partition coefficient (Wildman–Crippen LogP) is -6.98. The van der Waals surface area contributed by atoms with Crippen LogP contribution in [0.25, 0.3) is 0 Å². The third-order valence-electron chi connectivity index (χ3n) is 0.908. The molecule has 0 aromatic carbocycles. The first-order valence-corrected chi connectivity index (χ1v) is 6.50. The first-order chi connectivity index (χ1) is 7.91. The van der Waals surface area contributed by atoms with Gasteiger partial charge in [0.1, 0.15) is 14.4 Å². The molecule has 23 heavy (non-hydrogen) atoms. The van der Waals surface area contributed by atoms with Crippen LogP contribution in [-0.4, -0.2) is 24.5 Å². The predicted molar refractivity (Wildman–Crippen MR) is 50.3 cm³/mol. The molecule has 0 spiro atoms. The van der Waals surface area contributed by atoms with E-state index in [-0.39, 0.29) is 65.3 Å². The maximum Gasteiger partial charge on any atom is 1.00 e. The topological polar surface area (TPSA) is 278 Å². The molecule has 0 fully saturated rings. The zero-order valence-corrected chi connectivity index (χ0v) is 15.5. The smallest absolute Gasteiger partial charge is 0.790 e. The van der Waals surface area contributed by atoms with Gasteiger partial charge in [-0.3, -0.25) is 0 Å². The van der Waals surface area contributed by atoms with E-state index in [0.29, 0.717) is 0 Å². The summed E-state index contributed by atoms with van der Waals surface area (Å²) in [6.45, 7) is -1.52. The van der Waals surface area contributed by atoms with E-state index in [9.17, 15) is 43.1 Å². The summed E-state index contributed by atoms with van der Waals surface area (Å²) in [5.74, 6) is -6.32. The largest absolute Gasteiger partial charge is 1.00 e. The second-order valence-electron chi connectivity index (χ2n) is 2.31. The minimum Gasteiger partial charge on any atom is -0.790 e. The Bertz CT molecular complexity index is 466. The van der Waals surface area contributed by atoms with E-state index in [4.69, 9.17) is 0 Å². The molecular formula is C4H10CuFeLiN2O12P2. The molecule has 14 nitrogen and oxygen atoms in total. The van der Waals surface area contributed by atoms with Gasteiger partial charge in [-0.1, -0.05) is 0 Å². The van der Waals surface area contributed by atoms with Crippen molar-refractivity contribution in [2.75, 3.05) is 6.61 Å². The maximum atomic E-state index is 10.6. The van der Waals surface area contributed by atoms with Gasteiger partial charge >= 0.3 is 53.8 Å². The molecule has 8 N–H and O–H groups in total. The molecule has 0 saturated heterocycles. The summed E-state index contributed by atoms with van der Waals surface area (Å²) in [5, 5.41) is 0. The Balaban J connectivity index is -0.000000144. The van der Waals surface area contributed by atoms with Gasteiger partial charge in [-0.15, -0.1) is 0 Å². The molecule has 0 aliphatic carbocycles. The van der Waals surface area contributed by atoms with Gasteiger partial charge in [0, 0.05) is 17.1 Å². The zero-order valence-electron chi connectivity index (χ0n) is 11.7. The average molecular weight is 466 g/mol. The van der Waals surface area contributed by atoms with Crippen LogP contribution < -0.4 is 50.7 Å². The van der Waals surface area contributed by atoms with Crippen molar-refractivity contribution in [3.05, 3.63) is 0 Å². The molecule has 0 aromatic rings. The Labute approximate surface area is 162 Å². The first kappa shape index (κ1) is 38.8. The molecule has 19 heteroatoms. The first-order valence-electron chi connectivity index (χ1n) is 3.58. The number of quaternary nitrogens is 2. The summed E-state index contributed by atoms with van der Waals surface area (Å²) in [7, 11) is -11.3. The van der Waals surface area contributed by atoms with Crippen LogP contribution in [0, 0.1) is 0 Å². The number of phosphoric acid groups is 2. The second kappa shape index (κ2) is 15.9. The minimum absolute atomic E-state index is 0. The summed E-state index contributed by atoms with van der Waals surface area (Å²) >= 11 is 0. The normalized spacial score (nSPS) is 9.22. The van der Waals surface area contributed by atoms with Crippen LogP contribution in [0.5, 0.6) is 0 Å². The standard InChI is InChI=1S/C4H6O12P2.Cu.Fe.Li.2H3N/c5-2(1-14-17(8,9)10)15-3(6)4(7)16-18(11,12)13;;;;;/h1H2,(H2,8,9,10)(H2,11,12,13);;;;2*1H3/q;+1;;+1;;/p-2. The van der Waals surface area contributed by atoms with Gasteiger partial charge in [-0.25, -0.2) is 14.4 Å². The van der Waals surface area contributed by atoms with Crippen molar-refractivity contribution >= 4 is 33.6 Å². The average Bonchev–Trinajstić information content (AvgIpc) is 2.10. The number of ether oxygens (including phenoxy) is 1. The fourth-order valence-electron chi connectivity index (χ4n) is 0.445. The number of carbonyl (C=O) groups is 3. The van der Waals surface area contributed by atoms with E-state index >= 15 is 0 Å². The van der Waals surface area contributed by atoms with Crippen LogP contribution in [0.3, 0.4) is 0 Å². The monoisotopic (exact) mass is 466 g/mol. The van der Waals surface area contributed by atoms with Crippen LogP contribution in [0.2, 0.25) is 0 Å². The molecule has 0 rings (SSSR count). The Morgan fingerprint density at radius 2 is 1.26 bits per heavy atom. The Morgan fingerprint density at radius 3 is 1.57 bits per heavy atom. The summed E-state index contributed by atoms with van der Waals surface area (Å²) in [4.78, 5) is 71.1. The third-order valence-corrected chi connectivity index (χ3v) is 1.74. The minimum atomic E-state index is -5.80. The Morgan fingerprint density at radius 1 is 0.870 bits per heavy atom. The summed E-state index contributed by atoms with van der Waals surface area (Å²) in [6, 6.07) is 0. The molecule has 0 radical (unpaired) electrons. The molecule has 0 amide bonds. The molecule has 0 aliphatic heterocycles. The molecular weight excluding hydrogens is 456 g/mol. The van der Waals surface area contributed by atoms with Crippen molar-refractivity contribution in [2.24, 2.45) is 0 Å². The van der Waals surface area contributed by atoms with E-state index in [0.717, 1.165) is 0 Å². The van der Waals surface area contributed by atoms with E-state index in [1.165, 1.54) is 0 Å². The number of hydrogen-bond acceptors (Lipinski definition) is 12. The number of phosphoric ester groups is 2. The van der Waals surface area contributed by atoms with Crippen molar-refractivity contribution in [3.63, 3.8) is 0 Å². The Kier molecular flexibility index (Phi) is 26.9. The summed E-state index contributed by atoms with van der Waals surface area (Å²) in [5.41, 5.74) is 0. The van der Waals surface area contributed by atoms with Crippen molar-refractivity contribution in [2.45, 2.75) is 0 Å². The Hall–Kier alpha value is 0.426. The fraction of sp³-hybridized carbons (Fsp3) is 0.250. The fourth-order valence-corrected chi connectivity index (χ4v) is 0.986. The van der Waals surface area contributed by atoms with Crippen molar-refractivity contribution < 1.29 is 110 Å². The van der Waals surface area contributed by atoms with Crippen molar-refractivity contribution in [1.82, 2.24) is 12.3 Å². The molecule has 138 valence electrons. The van der Waals surface area contributed by atoms with Gasteiger partial charge in [0.15, 0.2) is 0 Å². The molecule has 0 aliphatic rings. The number of hydrogen-bond donors (Lipinski definition) is 2. The third kappa shape index (κ3) is 24.8. The maximum absolute atomic E-state index is 10.6. The van der Waals surface area contributed by atoms with E-state index in [1.54, 1.807) is 0 Å². The number of carbonyl (C=O) groups excluding carboxylic acids is 3. The van der Waals surface area contributed by atoms with Gasteiger partial charge in [0.05, 0.1) is 7.82 Å². The van der Waals surface area contributed by atoms with Crippen LogP contribution >= 0.6 is 15.6 Å². The van der Waals surface area contributed by atoms with E-state index in [1.807, 2.05) is 0 Å². The van der Waals surface area contributed by atoms with Crippen LogP contribution in [-0.2, 0) is 71.4 Å². The molecule has 0 aromatic heterocycles. The summed E-state index contributed by atoms with van der Waals surface area (Å²) < 4.78 is 29.6. The molecule has 0 heterocycles. The quantitative estimate of drug-likeness (QED) is 0.128. The van der Waals surface area contributed by atoms with Crippen molar-refractivity contribution in [3.8, 4) is 0 Å².